The highest BCUT2D eigenvalue weighted by molar-refractivity contribution is 5.37. The maximum absolute atomic E-state index is 11.9. The molecule has 42 heavy (non-hydrogen) atoms. The van der Waals surface area contributed by atoms with Crippen LogP contribution in [0.25, 0.3) is 0 Å². The van der Waals surface area contributed by atoms with Crippen LogP contribution in [-0.4, -0.2) is 19.9 Å². The van der Waals surface area contributed by atoms with Gasteiger partial charge in [-0.1, -0.05) is 51.1 Å². The molecule has 0 unspecified atom stereocenters. The molecular formula is C32H41ClN2O7. The molecule has 3 aromatic heterocycles. The zero-order valence-electron chi connectivity index (χ0n) is 24.8. The van der Waals surface area contributed by atoms with Crippen LogP contribution in [0.3, 0.4) is 0 Å². The lowest BCUT2D eigenvalue weighted by molar-refractivity contribution is -0.701. The van der Waals surface area contributed by atoms with Gasteiger partial charge < -0.3 is 41.4 Å². The molecule has 0 atom stereocenters. The highest BCUT2D eigenvalue weighted by Gasteiger charge is 2.16. The van der Waals surface area contributed by atoms with Gasteiger partial charge in [0.05, 0.1) is 12.0 Å². The van der Waals surface area contributed by atoms with E-state index in [-0.39, 0.29) is 40.5 Å². The van der Waals surface area contributed by atoms with Crippen LogP contribution in [0.1, 0.15) is 57.3 Å². The van der Waals surface area contributed by atoms with Crippen molar-refractivity contribution in [1.82, 2.24) is 4.57 Å². The molecule has 228 valence electrons. The molecular weight excluding hydrogens is 560 g/mol. The van der Waals surface area contributed by atoms with Gasteiger partial charge in [-0.3, -0.25) is 9.59 Å². The monoisotopic (exact) mass is 600 g/mol. The van der Waals surface area contributed by atoms with Gasteiger partial charge in [0.15, 0.2) is 17.7 Å². The number of halogens is 1. The van der Waals surface area contributed by atoms with E-state index >= 15 is 0 Å². The van der Waals surface area contributed by atoms with Crippen LogP contribution in [0.15, 0.2) is 81.2 Å². The molecule has 0 amide bonds. The summed E-state index contributed by atoms with van der Waals surface area (Å²) in [7, 11) is 0. The highest BCUT2D eigenvalue weighted by atomic mass is 35.5. The van der Waals surface area contributed by atoms with Crippen LogP contribution < -0.4 is 32.6 Å². The number of ether oxygens (including phenoxy) is 1. The fourth-order valence-corrected chi connectivity index (χ4v) is 4.12. The third-order valence-electron chi connectivity index (χ3n) is 6.34. The maximum Gasteiger partial charge on any atom is 0.227 e. The van der Waals surface area contributed by atoms with Crippen molar-refractivity contribution < 1.29 is 41.4 Å². The highest BCUT2D eigenvalue weighted by Crippen LogP contribution is 2.25. The number of benzene rings is 1. The Labute approximate surface area is 252 Å². The van der Waals surface area contributed by atoms with E-state index < -0.39 is 0 Å². The second-order valence-electron chi connectivity index (χ2n) is 8.92. The number of rotatable bonds is 8. The van der Waals surface area contributed by atoms with Crippen LogP contribution in [0, 0.1) is 0 Å². The van der Waals surface area contributed by atoms with E-state index in [0.717, 1.165) is 36.5 Å². The van der Waals surface area contributed by atoms with Crippen molar-refractivity contribution >= 4 is 0 Å². The second-order valence-corrected chi connectivity index (χ2v) is 8.92. The summed E-state index contributed by atoms with van der Waals surface area (Å²) >= 11 is 0. The molecule has 0 spiro atoms. The molecule has 4 aromatic rings. The van der Waals surface area contributed by atoms with Crippen molar-refractivity contribution in [3.8, 4) is 23.0 Å². The zero-order valence-corrected chi connectivity index (χ0v) is 25.6. The topological polar surface area (TPSA) is 126 Å². The lowest BCUT2D eigenvalue weighted by Gasteiger charge is -2.15. The van der Waals surface area contributed by atoms with Gasteiger partial charge in [0.1, 0.15) is 18.9 Å². The number of aromatic hydroxyl groups is 3. The predicted octanol–water partition coefficient (Wildman–Crippen LogP) is 1.89. The summed E-state index contributed by atoms with van der Waals surface area (Å²) in [6, 6.07) is 14.1. The van der Waals surface area contributed by atoms with Crippen LogP contribution in [-0.2, 0) is 39.0 Å². The van der Waals surface area contributed by atoms with Crippen LogP contribution >= 0.6 is 0 Å². The van der Waals surface area contributed by atoms with E-state index in [1.54, 1.807) is 19.2 Å². The Balaban J connectivity index is 0.000000332. The Kier molecular flexibility index (Phi) is 15.5. The molecule has 1 aromatic carbocycles. The van der Waals surface area contributed by atoms with Gasteiger partial charge in [0.25, 0.3) is 0 Å². The Hall–Kier alpha value is -4.24. The van der Waals surface area contributed by atoms with E-state index in [4.69, 9.17) is 14.3 Å². The van der Waals surface area contributed by atoms with Gasteiger partial charge >= 0.3 is 0 Å². The van der Waals surface area contributed by atoms with Crippen molar-refractivity contribution in [3.63, 3.8) is 0 Å². The number of aryl methyl sites for hydroxylation is 3. The predicted molar refractivity (Wildman–Crippen MR) is 158 cm³/mol. The quantitative estimate of drug-likeness (QED) is 0.264. The lowest BCUT2D eigenvalue weighted by Crippen LogP contribution is -3.00. The van der Waals surface area contributed by atoms with Crippen molar-refractivity contribution in [1.29, 1.82) is 0 Å². The van der Waals surface area contributed by atoms with E-state index in [0.29, 0.717) is 31.0 Å². The molecule has 4 rings (SSSR count). The minimum atomic E-state index is -0.386. The Morgan fingerprint density at radius 3 is 2.07 bits per heavy atom. The SMILES string of the molecule is CCc1c(O)c(O)cc[n+]1CC.CCc1c(OCc2ccccc2)c(=O)ccn1CC.CCc1occc(=O)c1O.[Cl-]. The minimum Gasteiger partial charge on any atom is -1.00 e. The van der Waals surface area contributed by atoms with Crippen molar-refractivity contribution in [2.75, 3.05) is 0 Å². The van der Waals surface area contributed by atoms with E-state index in [9.17, 15) is 19.8 Å². The molecule has 9 nitrogen and oxygen atoms in total. The molecule has 0 aliphatic rings. The average molecular weight is 601 g/mol. The van der Waals surface area contributed by atoms with Crippen molar-refractivity contribution in [3.05, 3.63) is 110 Å². The standard InChI is InChI=1S/C16H19NO2.C9H13NO2.C7H8O3.ClH/c1-3-14-16(15(18)10-11-17(14)4-2)19-12-13-8-6-5-7-9-13;1-3-7-9(12)8(11)5-6-10(7)4-2;1-2-6-7(9)5(8)3-4-10-6;/h5-11H,3-4,12H2,1-2H3;5-6,12H,3-4H2,1-2H3;3-4,9H,2H2,1H3;1H. The normalized spacial score (nSPS) is 9.93. The van der Waals surface area contributed by atoms with Crippen molar-refractivity contribution in [2.45, 2.75) is 73.6 Å². The molecule has 0 fully saturated rings. The third kappa shape index (κ3) is 9.69. The number of nitrogens with zero attached hydrogens (tertiary/aromatic N) is 2. The first-order valence-electron chi connectivity index (χ1n) is 13.8. The number of pyridine rings is 2. The first-order chi connectivity index (χ1) is 19.7. The molecule has 3 N–H and O–H groups in total. The summed E-state index contributed by atoms with van der Waals surface area (Å²) in [6.45, 7) is 11.9. The fraction of sp³-hybridized carbons (Fsp3) is 0.344. The van der Waals surface area contributed by atoms with Crippen LogP contribution in [0.2, 0.25) is 0 Å². The Morgan fingerprint density at radius 2 is 1.52 bits per heavy atom. The summed E-state index contributed by atoms with van der Waals surface area (Å²) in [4.78, 5) is 22.6. The van der Waals surface area contributed by atoms with Gasteiger partial charge in [-0.05, 0) is 25.8 Å². The average Bonchev–Trinajstić information content (AvgIpc) is 3.00. The van der Waals surface area contributed by atoms with Crippen molar-refractivity contribution in [2.24, 2.45) is 0 Å². The summed E-state index contributed by atoms with van der Waals surface area (Å²) in [5.74, 6) is 0.506. The zero-order chi connectivity index (χ0) is 30.4. The first-order valence-corrected chi connectivity index (χ1v) is 13.8. The molecule has 0 radical (unpaired) electrons. The molecule has 3 heterocycles. The fourth-order valence-electron chi connectivity index (χ4n) is 4.12. The molecule has 0 saturated carbocycles. The molecule has 0 saturated heterocycles. The van der Waals surface area contributed by atoms with Gasteiger partial charge in [-0.25, -0.2) is 0 Å². The maximum atomic E-state index is 11.9. The van der Waals surface area contributed by atoms with Crippen LogP contribution in [0.5, 0.6) is 23.0 Å². The Bertz CT molecular complexity index is 1500. The van der Waals surface area contributed by atoms with Gasteiger partial charge in [0.2, 0.25) is 28.1 Å². The van der Waals surface area contributed by atoms with E-state index in [2.05, 4.69) is 11.5 Å². The van der Waals surface area contributed by atoms with Gasteiger partial charge in [-0.15, -0.1) is 0 Å². The van der Waals surface area contributed by atoms with Crippen LogP contribution in [0.4, 0.5) is 0 Å². The number of aromatic nitrogens is 2. The third-order valence-corrected chi connectivity index (χ3v) is 6.34. The smallest absolute Gasteiger partial charge is 0.227 e. The second kappa shape index (κ2) is 18.2. The van der Waals surface area contributed by atoms with Gasteiger partial charge in [-0.2, -0.15) is 4.57 Å². The van der Waals surface area contributed by atoms with Gasteiger partial charge in [0, 0.05) is 43.8 Å². The molecule has 0 bridgehead atoms. The summed E-state index contributed by atoms with van der Waals surface area (Å²) in [5, 5.41) is 27.6. The van der Waals surface area contributed by atoms with E-state index in [1.165, 1.54) is 18.4 Å². The summed E-state index contributed by atoms with van der Waals surface area (Å²) in [5.41, 5.74) is 2.37. The number of hydrogen-bond donors (Lipinski definition) is 3. The summed E-state index contributed by atoms with van der Waals surface area (Å²) < 4.78 is 14.6. The summed E-state index contributed by atoms with van der Waals surface area (Å²) in [6.07, 6.45) is 6.91. The van der Waals surface area contributed by atoms with E-state index in [1.807, 2.05) is 61.9 Å². The Morgan fingerprint density at radius 1 is 0.833 bits per heavy atom. The molecule has 0 aliphatic carbocycles. The first kappa shape index (κ1) is 35.8. The number of hydrogen-bond acceptors (Lipinski definition) is 7. The lowest BCUT2D eigenvalue weighted by atomic mass is 10.2. The largest absolute Gasteiger partial charge is 1.00 e. The molecule has 10 heteroatoms. The minimum absolute atomic E-state index is 0. The molecule has 0 aliphatic heterocycles.